The highest BCUT2D eigenvalue weighted by molar-refractivity contribution is 5.93. The number of carbonyl (C=O) groups is 1. The van der Waals surface area contributed by atoms with Gasteiger partial charge in [-0.05, 0) is 37.1 Å². The van der Waals surface area contributed by atoms with E-state index in [1.807, 2.05) is 26.0 Å². The number of rotatable bonds is 3. The second kappa shape index (κ2) is 4.76. The molecule has 0 aliphatic heterocycles. The molecular formula is C14H17N3O2. The van der Waals surface area contributed by atoms with Crippen LogP contribution in [0.5, 0.6) is 5.75 Å². The Hall–Kier alpha value is -2.30. The van der Waals surface area contributed by atoms with Gasteiger partial charge in [-0.3, -0.25) is 9.48 Å². The van der Waals surface area contributed by atoms with Crippen molar-refractivity contribution in [1.29, 1.82) is 0 Å². The largest absolute Gasteiger partial charge is 0.496 e. The number of aryl methyl sites for hydroxylation is 3. The zero-order valence-electron chi connectivity index (χ0n) is 11.5. The van der Waals surface area contributed by atoms with Gasteiger partial charge in [0.15, 0.2) is 6.29 Å². The summed E-state index contributed by atoms with van der Waals surface area (Å²) in [4.78, 5) is 11.2. The molecule has 1 aromatic heterocycles. The van der Waals surface area contributed by atoms with Gasteiger partial charge in [-0.2, -0.15) is 5.10 Å². The van der Waals surface area contributed by atoms with Crippen LogP contribution in [0.2, 0.25) is 0 Å². The predicted octanol–water partition coefficient (Wildman–Crippen LogP) is 2.11. The summed E-state index contributed by atoms with van der Waals surface area (Å²) in [5.41, 5.74) is 9.79. The van der Waals surface area contributed by atoms with Gasteiger partial charge in [-0.15, -0.1) is 0 Å². The van der Waals surface area contributed by atoms with E-state index in [4.69, 9.17) is 10.5 Å². The van der Waals surface area contributed by atoms with Crippen molar-refractivity contribution in [2.24, 2.45) is 7.05 Å². The smallest absolute Gasteiger partial charge is 0.156 e. The van der Waals surface area contributed by atoms with Crippen LogP contribution in [0.4, 0.5) is 5.82 Å². The van der Waals surface area contributed by atoms with E-state index in [0.29, 0.717) is 22.8 Å². The molecule has 2 aromatic rings. The van der Waals surface area contributed by atoms with Crippen LogP contribution in [0.25, 0.3) is 11.3 Å². The minimum atomic E-state index is 0.352. The molecular weight excluding hydrogens is 242 g/mol. The van der Waals surface area contributed by atoms with Crippen molar-refractivity contribution in [3.63, 3.8) is 0 Å². The number of methoxy groups -OCH3 is 1. The number of aromatic nitrogens is 2. The third-order valence-corrected chi connectivity index (χ3v) is 3.32. The molecule has 0 aliphatic carbocycles. The second-order valence-electron chi connectivity index (χ2n) is 4.53. The molecule has 0 amide bonds. The van der Waals surface area contributed by atoms with Crippen molar-refractivity contribution >= 4 is 12.1 Å². The predicted molar refractivity (Wildman–Crippen MR) is 74.5 cm³/mol. The lowest BCUT2D eigenvalue weighted by atomic mass is 10.0. The number of hydrogen-bond donors (Lipinski definition) is 1. The highest BCUT2D eigenvalue weighted by Gasteiger charge is 2.19. The van der Waals surface area contributed by atoms with E-state index in [0.717, 1.165) is 23.0 Å². The minimum absolute atomic E-state index is 0.352. The van der Waals surface area contributed by atoms with Gasteiger partial charge in [0, 0.05) is 12.6 Å². The first kappa shape index (κ1) is 13.1. The fourth-order valence-electron chi connectivity index (χ4n) is 2.01. The molecule has 0 saturated heterocycles. The zero-order chi connectivity index (χ0) is 14.2. The minimum Gasteiger partial charge on any atom is -0.496 e. The maximum absolute atomic E-state index is 11.2. The molecule has 2 N–H and O–H groups in total. The molecule has 19 heavy (non-hydrogen) atoms. The molecule has 0 spiro atoms. The highest BCUT2D eigenvalue weighted by Crippen LogP contribution is 2.34. The number of benzene rings is 1. The molecule has 2 rings (SSSR count). The van der Waals surface area contributed by atoms with E-state index in [9.17, 15) is 4.79 Å². The lowest BCUT2D eigenvalue weighted by Crippen LogP contribution is -1.98. The highest BCUT2D eigenvalue weighted by atomic mass is 16.5. The van der Waals surface area contributed by atoms with E-state index in [-0.39, 0.29) is 0 Å². The topological polar surface area (TPSA) is 70.1 Å². The van der Waals surface area contributed by atoms with Crippen molar-refractivity contribution in [2.75, 3.05) is 12.8 Å². The quantitative estimate of drug-likeness (QED) is 0.857. The Labute approximate surface area is 112 Å². The Morgan fingerprint density at radius 1 is 1.32 bits per heavy atom. The maximum Gasteiger partial charge on any atom is 0.156 e. The Morgan fingerprint density at radius 3 is 2.53 bits per heavy atom. The maximum atomic E-state index is 11.2. The number of nitrogens with zero attached hydrogens (tertiary/aromatic N) is 2. The van der Waals surface area contributed by atoms with Crippen molar-refractivity contribution in [2.45, 2.75) is 13.8 Å². The second-order valence-corrected chi connectivity index (χ2v) is 4.53. The van der Waals surface area contributed by atoms with E-state index in [2.05, 4.69) is 5.10 Å². The van der Waals surface area contributed by atoms with Gasteiger partial charge in [0.1, 0.15) is 17.3 Å². The van der Waals surface area contributed by atoms with Gasteiger partial charge in [0.2, 0.25) is 0 Å². The van der Waals surface area contributed by atoms with E-state index in [1.165, 1.54) is 4.68 Å². The molecule has 0 saturated carbocycles. The van der Waals surface area contributed by atoms with Crippen LogP contribution >= 0.6 is 0 Å². The van der Waals surface area contributed by atoms with Gasteiger partial charge in [-0.25, -0.2) is 0 Å². The molecule has 0 unspecified atom stereocenters. The summed E-state index contributed by atoms with van der Waals surface area (Å²) in [7, 11) is 3.31. The van der Waals surface area contributed by atoms with Crippen molar-refractivity contribution in [3.8, 4) is 17.0 Å². The van der Waals surface area contributed by atoms with Crippen LogP contribution in [0.15, 0.2) is 12.1 Å². The van der Waals surface area contributed by atoms with Gasteiger partial charge in [0.05, 0.1) is 12.7 Å². The van der Waals surface area contributed by atoms with Crippen LogP contribution in [0, 0.1) is 13.8 Å². The molecule has 5 nitrogen and oxygen atoms in total. The Kier molecular flexibility index (Phi) is 3.29. The number of aldehydes is 1. The lowest BCUT2D eigenvalue weighted by Gasteiger charge is -2.10. The summed E-state index contributed by atoms with van der Waals surface area (Å²) in [5, 5.41) is 4.31. The summed E-state index contributed by atoms with van der Waals surface area (Å²) in [5.74, 6) is 1.04. The zero-order valence-corrected chi connectivity index (χ0v) is 11.5. The fourth-order valence-corrected chi connectivity index (χ4v) is 2.01. The summed E-state index contributed by atoms with van der Waals surface area (Å²) >= 11 is 0. The van der Waals surface area contributed by atoms with Crippen molar-refractivity contribution in [3.05, 3.63) is 28.8 Å². The summed E-state index contributed by atoms with van der Waals surface area (Å²) in [6, 6.07) is 3.90. The SMILES string of the molecule is COc1cc(C)c(C)cc1-c1nn(C)c(N)c1C=O. The first-order chi connectivity index (χ1) is 8.99. The Bertz CT molecular complexity index is 645. The van der Waals surface area contributed by atoms with Crippen LogP contribution in [-0.2, 0) is 7.05 Å². The first-order valence-corrected chi connectivity index (χ1v) is 5.92. The van der Waals surface area contributed by atoms with E-state index < -0.39 is 0 Å². The molecule has 5 heteroatoms. The first-order valence-electron chi connectivity index (χ1n) is 5.92. The van der Waals surface area contributed by atoms with Gasteiger partial charge in [0.25, 0.3) is 0 Å². The molecule has 1 heterocycles. The lowest BCUT2D eigenvalue weighted by molar-refractivity contribution is 0.112. The molecule has 0 aliphatic rings. The van der Waals surface area contributed by atoms with Crippen LogP contribution in [-0.4, -0.2) is 23.2 Å². The molecule has 0 radical (unpaired) electrons. The van der Waals surface area contributed by atoms with Gasteiger partial charge in [-0.1, -0.05) is 0 Å². The average Bonchev–Trinajstić information content (AvgIpc) is 2.68. The van der Waals surface area contributed by atoms with Crippen LogP contribution in [0.3, 0.4) is 0 Å². The number of nitrogen functional groups attached to an aromatic ring is 1. The monoisotopic (exact) mass is 259 g/mol. The van der Waals surface area contributed by atoms with Gasteiger partial charge < -0.3 is 10.5 Å². The molecule has 100 valence electrons. The number of ether oxygens (including phenoxy) is 1. The normalized spacial score (nSPS) is 10.5. The molecule has 0 bridgehead atoms. The summed E-state index contributed by atoms with van der Waals surface area (Å²) in [6.45, 7) is 4.01. The van der Waals surface area contributed by atoms with Crippen LogP contribution < -0.4 is 10.5 Å². The third kappa shape index (κ3) is 2.07. The number of nitrogens with two attached hydrogens (primary N) is 1. The average molecular weight is 259 g/mol. The van der Waals surface area contributed by atoms with Crippen molar-refractivity contribution in [1.82, 2.24) is 9.78 Å². The number of hydrogen-bond acceptors (Lipinski definition) is 4. The van der Waals surface area contributed by atoms with E-state index >= 15 is 0 Å². The van der Waals surface area contributed by atoms with Gasteiger partial charge >= 0.3 is 0 Å². The number of carbonyl (C=O) groups excluding carboxylic acids is 1. The third-order valence-electron chi connectivity index (χ3n) is 3.32. The molecule has 1 aromatic carbocycles. The standard InChI is InChI=1S/C14H17N3O2/c1-8-5-10(12(19-4)6-9(8)2)13-11(7-18)14(15)17(3)16-13/h5-7H,15H2,1-4H3. The number of anilines is 1. The van der Waals surface area contributed by atoms with Crippen molar-refractivity contribution < 1.29 is 9.53 Å². The summed E-state index contributed by atoms with van der Waals surface area (Å²) in [6.07, 6.45) is 0.728. The Balaban J connectivity index is 2.74. The molecule has 0 fully saturated rings. The summed E-state index contributed by atoms with van der Waals surface area (Å²) < 4.78 is 6.87. The Morgan fingerprint density at radius 2 is 1.95 bits per heavy atom. The van der Waals surface area contributed by atoms with E-state index in [1.54, 1.807) is 14.2 Å². The fraction of sp³-hybridized carbons (Fsp3) is 0.286. The molecule has 0 atom stereocenters. The van der Waals surface area contributed by atoms with Crippen LogP contribution in [0.1, 0.15) is 21.5 Å².